The lowest BCUT2D eigenvalue weighted by Gasteiger charge is -2.06. The van der Waals surface area contributed by atoms with E-state index in [1.165, 1.54) is 0 Å². The lowest BCUT2D eigenvalue weighted by Crippen LogP contribution is -2.12. The number of nitrogens with zero attached hydrogens (tertiary/aromatic N) is 1. The van der Waals surface area contributed by atoms with Crippen LogP contribution < -0.4 is 5.32 Å². The van der Waals surface area contributed by atoms with Crippen LogP contribution >= 0.6 is 0 Å². The molecule has 1 fully saturated rings. The number of hydrogen-bond donors (Lipinski definition) is 1. The molecule has 1 N–H and O–H groups in total. The predicted molar refractivity (Wildman–Crippen MR) is 99.0 cm³/mol. The Labute approximate surface area is 143 Å². The summed E-state index contributed by atoms with van der Waals surface area (Å²) >= 11 is 0. The third-order valence-corrected chi connectivity index (χ3v) is 6.48. The van der Waals surface area contributed by atoms with Crippen molar-refractivity contribution in [1.29, 1.82) is 0 Å². The molecule has 4 nitrogen and oxygen atoms in total. The van der Waals surface area contributed by atoms with Crippen LogP contribution in [0.4, 0.5) is 11.4 Å². The summed E-state index contributed by atoms with van der Waals surface area (Å²) in [6, 6.07) is 17.2. The van der Waals surface area contributed by atoms with Crippen LogP contribution in [0.2, 0.25) is 0 Å². The van der Waals surface area contributed by atoms with Crippen molar-refractivity contribution < 1.29 is 9.00 Å². The van der Waals surface area contributed by atoms with Gasteiger partial charge in [-0.25, -0.2) is 4.21 Å². The molecule has 5 heteroatoms. The van der Waals surface area contributed by atoms with Crippen LogP contribution in [0.3, 0.4) is 0 Å². The molecule has 0 saturated carbocycles. The summed E-state index contributed by atoms with van der Waals surface area (Å²) in [6.07, 6.45) is 3.17. The maximum Gasteiger partial charge on any atom is 0.224 e. The van der Waals surface area contributed by atoms with E-state index in [1.54, 1.807) is 0 Å². The van der Waals surface area contributed by atoms with Crippen molar-refractivity contribution in [2.45, 2.75) is 25.7 Å². The minimum absolute atomic E-state index is 0.00902. The first-order chi connectivity index (χ1) is 11.6. The Balaban J connectivity index is 1.56. The van der Waals surface area contributed by atoms with Crippen LogP contribution in [0.25, 0.3) is 0 Å². The fourth-order valence-corrected chi connectivity index (χ4v) is 4.98. The number of rotatable bonds is 5. The lowest BCUT2D eigenvalue weighted by molar-refractivity contribution is -0.116. The Hall–Kier alpha value is -2.14. The van der Waals surface area contributed by atoms with Crippen LogP contribution in [-0.2, 0) is 20.9 Å². The Morgan fingerprint density at radius 2 is 1.67 bits per heavy atom. The van der Waals surface area contributed by atoms with Crippen molar-refractivity contribution in [3.63, 3.8) is 0 Å². The van der Waals surface area contributed by atoms with Gasteiger partial charge in [-0.05, 0) is 49.1 Å². The van der Waals surface area contributed by atoms with Gasteiger partial charge < -0.3 is 5.32 Å². The van der Waals surface area contributed by atoms with Crippen LogP contribution in [0.5, 0.6) is 0 Å². The monoisotopic (exact) mass is 342 g/mol. The summed E-state index contributed by atoms with van der Waals surface area (Å²) in [5.74, 6) is 1.39. The normalized spacial score (nSPS) is 15.8. The molecule has 126 valence electrons. The van der Waals surface area contributed by atoms with Crippen molar-refractivity contribution in [3.05, 3.63) is 60.2 Å². The zero-order chi connectivity index (χ0) is 16.8. The largest absolute Gasteiger partial charge is 0.326 e. The highest BCUT2D eigenvalue weighted by molar-refractivity contribution is 7.93. The van der Waals surface area contributed by atoms with Crippen molar-refractivity contribution in [2.24, 2.45) is 4.36 Å². The second-order valence-corrected chi connectivity index (χ2v) is 8.60. The van der Waals surface area contributed by atoms with E-state index in [-0.39, 0.29) is 5.91 Å². The van der Waals surface area contributed by atoms with Gasteiger partial charge in [-0.2, -0.15) is 4.36 Å². The van der Waals surface area contributed by atoms with E-state index in [0.29, 0.717) is 17.9 Å². The van der Waals surface area contributed by atoms with E-state index in [0.717, 1.165) is 36.2 Å². The molecule has 0 unspecified atom stereocenters. The molecule has 0 atom stereocenters. The minimum Gasteiger partial charge on any atom is -0.326 e. The number of carbonyl (C=O) groups excluding carboxylic acids is 1. The van der Waals surface area contributed by atoms with E-state index in [9.17, 15) is 9.00 Å². The zero-order valence-electron chi connectivity index (χ0n) is 13.6. The molecule has 2 aromatic carbocycles. The quantitative estimate of drug-likeness (QED) is 0.887. The van der Waals surface area contributed by atoms with E-state index < -0.39 is 9.73 Å². The average molecular weight is 342 g/mol. The number of aryl methyl sites for hydroxylation is 1. The van der Waals surface area contributed by atoms with Crippen LogP contribution in [0.1, 0.15) is 24.8 Å². The molecular weight excluding hydrogens is 320 g/mol. The summed E-state index contributed by atoms with van der Waals surface area (Å²) < 4.78 is 16.8. The molecule has 1 amide bonds. The Bertz CT molecular complexity index is 795. The van der Waals surface area contributed by atoms with Gasteiger partial charge in [-0.15, -0.1) is 0 Å². The van der Waals surface area contributed by atoms with Gasteiger partial charge in [0.05, 0.1) is 15.4 Å². The van der Waals surface area contributed by atoms with E-state index in [2.05, 4.69) is 9.68 Å². The summed E-state index contributed by atoms with van der Waals surface area (Å²) in [4.78, 5) is 12.0. The highest BCUT2D eigenvalue weighted by Gasteiger charge is 2.16. The third kappa shape index (κ3) is 4.68. The van der Waals surface area contributed by atoms with Gasteiger partial charge in [0.15, 0.2) is 0 Å². The molecule has 0 bridgehead atoms. The van der Waals surface area contributed by atoms with Gasteiger partial charge in [0.1, 0.15) is 0 Å². The highest BCUT2D eigenvalue weighted by Crippen LogP contribution is 2.22. The second-order valence-electron chi connectivity index (χ2n) is 6.06. The summed E-state index contributed by atoms with van der Waals surface area (Å²) in [6.45, 7) is 0. The first-order valence-electron chi connectivity index (χ1n) is 8.29. The van der Waals surface area contributed by atoms with Gasteiger partial charge >= 0.3 is 0 Å². The van der Waals surface area contributed by atoms with Gasteiger partial charge in [0.2, 0.25) is 5.91 Å². The third-order valence-electron chi connectivity index (χ3n) is 4.08. The summed E-state index contributed by atoms with van der Waals surface area (Å²) in [5, 5.41) is 2.89. The van der Waals surface area contributed by atoms with E-state index in [1.807, 2.05) is 54.6 Å². The number of carbonyl (C=O) groups is 1. The number of anilines is 1. The van der Waals surface area contributed by atoms with Gasteiger partial charge in [-0.3, -0.25) is 4.79 Å². The Morgan fingerprint density at radius 1 is 1.00 bits per heavy atom. The smallest absolute Gasteiger partial charge is 0.224 e. The highest BCUT2D eigenvalue weighted by atomic mass is 32.2. The predicted octanol–water partition coefficient (Wildman–Crippen LogP) is 4.15. The molecule has 1 aliphatic rings. The molecule has 0 aromatic heterocycles. The lowest BCUT2D eigenvalue weighted by atomic mass is 10.1. The summed E-state index contributed by atoms with van der Waals surface area (Å²) in [7, 11) is -2.04. The molecule has 3 rings (SSSR count). The van der Waals surface area contributed by atoms with Crippen molar-refractivity contribution in [1.82, 2.24) is 0 Å². The van der Waals surface area contributed by atoms with Crippen LogP contribution in [-0.4, -0.2) is 21.6 Å². The SMILES string of the molecule is O=C(CCc1ccccc1)Nc1ccc(N=S2(=O)CCCC2)cc1. The Morgan fingerprint density at radius 3 is 2.33 bits per heavy atom. The standard InChI is InChI=1S/C19H22N2O2S/c22-19(13-8-16-6-2-1-3-7-16)20-17-9-11-18(12-10-17)21-24(23)14-4-5-15-24/h1-3,6-7,9-12H,4-5,8,13-15H2,(H,20,22). The maximum atomic E-state index is 12.4. The van der Waals surface area contributed by atoms with Gasteiger partial charge in [-0.1, -0.05) is 30.3 Å². The second kappa shape index (κ2) is 7.62. The molecule has 0 spiro atoms. The number of amides is 1. The molecule has 2 aromatic rings. The number of nitrogens with one attached hydrogen (secondary N) is 1. The first kappa shape index (κ1) is 16.7. The number of hydrogen-bond acceptors (Lipinski definition) is 3. The van der Waals surface area contributed by atoms with Crippen LogP contribution in [0.15, 0.2) is 59.0 Å². The van der Waals surface area contributed by atoms with Gasteiger partial charge in [0, 0.05) is 23.6 Å². The molecule has 24 heavy (non-hydrogen) atoms. The first-order valence-corrected chi connectivity index (χ1v) is 10.1. The molecular formula is C19H22N2O2S. The topological polar surface area (TPSA) is 58.5 Å². The molecule has 1 saturated heterocycles. The minimum atomic E-state index is -2.04. The summed E-state index contributed by atoms with van der Waals surface area (Å²) in [5.41, 5.74) is 2.62. The fraction of sp³-hybridized carbons (Fsp3) is 0.316. The molecule has 0 aliphatic carbocycles. The van der Waals surface area contributed by atoms with E-state index in [4.69, 9.17) is 0 Å². The van der Waals surface area contributed by atoms with Crippen molar-refractivity contribution in [2.75, 3.05) is 16.8 Å². The maximum absolute atomic E-state index is 12.4. The zero-order valence-corrected chi connectivity index (χ0v) is 14.4. The van der Waals surface area contributed by atoms with Crippen molar-refractivity contribution >= 4 is 27.0 Å². The average Bonchev–Trinajstić information content (AvgIpc) is 3.02. The molecule has 1 heterocycles. The molecule has 1 aliphatic heterocycles. The number of benzene rings is 2. The molecule has 0 radical (unpaired) electrons. The van der Waals surface area contributed by atoms with Crippen molar-refractivity contribution in [3.8, 4) is 0 Å². The van der Waals surface area contributed by atoms with Gasteiger partial charge in [0.25, 0.3) is 0 Å². The fourth-order valence-electron chi connectivity index (χ4n) is 2.77. The Kier molecular flexibility index (Phi) is 5.30. The van der Waals surface area contributed by atoms with E-state index >= 15 is 0 Å². The van der Waals surface area contributed by atoms with Crippen LogP contribution in [0, 0.1) is 0 Å².